The fourth-order valence-electron chi connectivity index (χ4n) is 1.48. The second-order valence-electron chi connectivity index (χ2n) is 2.78. The van der Waals surface area contributed by atoms with Crippen molar-refractivity contribution in [2.75, 3.05) is 0 Å². The highest BCUT2D eigenvalue weighted by Crippen LogP contribution is 2.40. The first kappa shape index (κ1) is 8.38. The Morgan fingerprint density at radius 2 is 1.91 bits per heavy atom. The molecule has 1 aliphatic carbocycles. The number of rotatable bonds is 0. The summed E-state index contributed by atoms with van der Waals surface area (Å²) >= 11 is 0. The summed E-state index contributed by atoms with van der Waals surface area (Å²) < 4.78 is 36.2. The van der Waals surface area contributed by atoms with Crippen LogP contribution in [0.1, 0.15) is 19.3 Å². The molecule has 11 heavy (non-hydrogen) atoms. The molecular weight excluding hydrogens is 155 g/mol. The van der Waals surface area contributed by atoms with Crippen molar-refractivity contribution < 1.29 is 13.2 Å². The van der Waals surface area contributed by atoms with Gasteiger partial charge in [-0.1, -0.05) is 0 Å². The van der Waals surface area contributed by atoms with E-state index in [4.69, 9.17) is 6.57 Å². The summed E-state index contributed by atoms with van der Waals surface area (Å²) in [7, 11) is 0. The highest BCUT2D eigenvalue weighted by molar-refractivity contribution is 4.94. The number of hydrogen-bond donors (Lipinski definition) is 0. The maximum atomic E-state index is 12.1. The van der Waals surface area contributed by atoms with Crippen molar-refractivity contribution >= 4 is 0 Å². The van der Waals surface area contributed by atoms with Crippen molar-refractivity contribution in [2.45, 2.75) is 31.5 Å². The minimum absolute atomic E-state index is 0.135. The fraction of sp³-hybridized carbons (Fsp3) is 0.857. The van der Waals surface area contributed by atoms with Crippen LogP contribution in [0.3, 0.4) is 0 Å². The van der Waals surface area contributed by atoms with Gasteiger partial charge in [0.25, 0.3) is 0 Å². The van der Waals surface area contributed by atoms with E-state index in [1.807, 2.05) is 0 Å². The minimum atomic E-state index is -4.16. The Bertz CT molecular complexity index is 179. The van der Waals surface area contributed by atoms with Gasteiger partial charge in [-0.25, -0.2) is 6.57 Å². The SMILES string of the molecule is [C-]#[N+]C1CCCC1C(F)(F)F. The normalized spacial score (nSPS) is 31.8. The van der Waals surface area contributed by atoms with Gasteiger partial charge < -0.3 is 4.85 Å². The molecule has 0 radical (unpaired) electrons. The summed E-state index contributed by atoms with van der Waals surface area (Å²) in [6, 6.07) is -0.810. The van der Waals surface area contributed by atoms with Crippen LogP contribution < -0.4 is 0 Å². The van der Waals surface area contributed by atoms with Crippen LogP contribution in [-0.2, 0) is 0 Å². The Labute approximate surface area is 63.0 Å². The zero-order chi connectivity index (χ0) is 8.48. The zero-order valence-corrected chi connectivity index (χ0v) is 5.86. The molecule has 0 spiro atoms. The third kappa shape index (κ3) is 1.65. The molecule has 0 N–H and O–H groups in total. The molecule has 0 aromatic heterocycles. The van der Waals surface area contributed by atoms with E-state index in [2.05, 4.69) is 4.85 Å². The molecule has 2 unspecified atom stereocenters. The Morgan fingerprint density at radius 1 is 1.27 bits per heavy atom. The molecule has 1 aliphatic rings. The van der Waals surface area contributed by atoms with Gasteiger partial charge in [0, 0.05) is 6.42 Å². The van der Waals surface area contributed by atoms with Crippen LogP contribution in [0.2, 0.25) is 0 Å². The first-order valence-corrected chi connectivity index (χ1v) is 3.49. The van der Waals surface area contributed by atoms with E-state index >= 15 is 0 Å². The molecule has 4 heteroatoms. The smallest absolute Gasteiger partial charge is 0.313 e. The summed E-state index contributed by atoms with van der Waals surface area (Å²) in [6.07, 6.45) is -3.08. The first-order chi connectivity index (χ1) is 5.05. The van der Waals surface area contributed by atoms with Crippen molar-refractivity contribution in [1.29, 1.82) is 0 Å². The zero-order valence-electron chi connectivity index (χ0n) is 5.86. The average molecular weight is 163 g/mol. The third-order valence-corrected chi connectivity index (χ3v) is 2.07. The van der Waals surface area contributed by atoms with E-state index in [1.165, 1.54) is 0 Å². The Kier molecular flexibility index (Phi) is 2.08. The summed E-state index contributed by atoms with van der Waals surface area (Å²) in [5.74, 6) is -1.36. The Balaban J connectivity index is 2.66. The maximum Gasteiger partial charge on any atom is 0.399 e. The van der Waals surface area contributed by atoms with Gasteiger partial charge in [-0.2, -0.15) is 13.2 Å². The largest absolute Gasteiger partial charge is 0.399 e. The monoisotopic (exact) mass is 163 g/mol. The van der Waals surface area contributed by atoms with Crippen LogP contribution in [0.4, 0.5) is 13.2 Å². The van der Waals surface area contributed by atoms with Gasteiger partial charge in [0.2, 0.25) is 6.04 Å². The van der Waals surface area contributed by atoms with Gasteiger partial charge in [0.15, 0.2) is 0 Å². The Morgan fingerprint density at radius 3 is 2.27 bits per heavy atom. The number of hydrogen-bond acceptors (Lipinski definition) is 0. The first-order valence-electron chi connectivity index (χ1n) is 3.49. The molecule has 0 amide bonds. The van der Waals surface area contributed by atoms with Gasteiger partial charge in [-0.3, -0.25) is 0 Å². The molecule has 0 aromatic carbocycles. The second-order valence-corrected chi connectivity index (χ2v) is 2.78. The molecule has 1 fully saturated rings. The summed E-state index contributed by atoms with van der Waals surface area (Å²) in [5, 5.41) is 0. The molecular formula is C7H8F3N. The molecule has 0 saturated heterocycles. The van der Waals surface area contributed by atoms with Gasteiger partial charge in [0.05, 0.1) is 0 Å². The van der Waals surface area contributed by atoms with Crippen LogP contribution in [0.15, 0.2) is 0 Å². The predicted octanol–water partition coefficient (Wildman–Crippen LogP) is 2.64. The van der Waals surface area contributed by atoms with Crippen LogP contribution in [-0.4, -0.2) is 12.2 Å². The van der Waals surface area contributed by atoms with E-state index in [-0.39, 0.29) is 6.42 Å². The lowest BCUT2D eigenvalue weighted by molar-refractivity contribution is -0.173. The van der Waals surface area contributed by atoms with Crippen molar-refractivity contribution in [3.05, 3.63) is 11.4 Å². The maximum absolute atomic E-state index is 12.1. The third-order valence-electron chi connectivity index (χ3n) is 2.07. The number of alkyl halides is 3. The van der Waals surface area contributed by atoms with E-state index in [1.54, 1.807) is 0 Å². The van der Waals surface area contributed by atoms with E-state index < -0.39 is 18.1 Å². The average Bonchev–Trinajstić information content (AvgIpc) is 2.31. The molecule has 1 rings (SSSR count). The molecule has 0 aromatic rings. The van der Waals surface area contributed by atoms with Gasteiger partial charge in [-0.15, -0.1) is 0 Å². The van der Waals surface area contributed by atoms with Crippen LogP contribution in [0.25, 0.3) is 4.85 Å². The van der Waals surface area contributed by atoms with E-state index in [0.29, 0.717) is 12.8 Å². The topological polar surface area (TPSA) is 4.36 Å². The highest BCUT2D eigenvalue weighted by Gasteiger charge is 2.50. The lowest BCUT2D eigenvalue weighted by Gasteiger charge is -2.13. The van der Waals surface area contributed by atoms with E-state index in [9.17, 15) is 13.2 Å². The number of halogens is 3. The second kappa shape index (κ2) is 2.72. The molecule has 1 nitrogen and oxygen atoms in total. The molecule has 0 heterocycles. The molecule has 1 saturated carbocycles. The summed E-state index contributed by atoms with van der Waals surface area (Å²) in [6.45, 7) is 6.54. The van der Waals surface area contributed by atoms with Crippen LogP contribution in [0.5, 0.6) is 0 Å². The van der Waals surface area contributed by atoms with Crippen molar-refractivity contribution in [1.82, 2.24) is 0 Å². The summed E-state index contributed by atoms with van der Waals surface area (Å²) in [5.41, 5.74) is 0. The van der Waals surface area contributed by atoms with Crippen LogP contribution >= 0.6 is 0 Å². The minimum Gasteiger partial charge on any atom is -0.313 e. The molecule has 62 valence electrons. The predicted molar refractivity (Wildman–Crippen MR) is 33.8 cm³/mol. The van der Waals surface area contributed by atoms with Crippen LogP contribution in [0, 0.1) is 12.5 Å². The molecule has 2 atom stereocenters. The molecule has 0 bridgehead atoms. The van der Waals surface area contributed by atoms with Crippen molar-refractivity contribution in [3.63, 3.8) is 0 Å². The van der Waals surface area contributed by atoms with Gasteiger partial charge >= 0.3 is 6.18 Å². The lowest BCUT2D eigenvalue weighted by atomic mass is 10.0. The summed E-state index contributed by atoms with van der Waals surface area (Å²) in [4.78, 5) is 2.97. The van der Waals surface area contributed by atoms with E-state index in [0.717, 1.165) is 0 Å². The van der Waals surface area contributed by atoms with Crippen molar-refractivity contribution in [2.24, 2.45) is 5.92 Å². The van der Waals surface area contributed by atoms with Gasteiger partial charge in [-0.05, 0) is 12.8 Å². The molecule has 0 aliphatic heterocycles. The van der Waals surface area contributed by atoms with Crippen molar-refractivity contribution in [3.8, 4) is 0 Å². The standard InChI is InChI=1S/C7H8F3N/c1-11-6-4-2-3-5(6)7(8,9)10/h5-6H,2-4H2. The van der Waals surface area contributed by atoms with Gasteiger partial charge in [0.1, 0.15) is 5.92 Å². The Hall–Kier alpha value is -0.720. The quantitative estimate of drug-likeness (QED) is 0.483. The fourth-order valence-corrected chi connectivity index (χ4v) is 1.48. The number of nitrogens with zero attached hydrogens (tertiary/aromatic N) is 1. The highest BCUT2D eigenvalue weighted by atomic mass is 19.4. The lowest BCUT2D eigenvalue weighted by Crippen LogP contribution is -2.27.